The normalized spacial score (nSPS) is 10.9. The van der Waals surface area contributed by atoms with Crippen molar-refractivity contribution in [3.8, 4) is 11.5 Å². The first-order chi connectivity index (χ1) is 11.8. The van der Waals surface area contributed by atoms with Gasteiger partial charge in [-0.15, -0.1) is 0 Å². The van der Waals surface area contributed by atoms with Gasteiger partial charge < -0.3 is 9.73 Å². The predicted octanol–water partition coefficient (Wildman–Crippen LogP) is 5.16. The number of nitrogens with one attached hydrogen (secondary N) is 1. The third-order valence-corrected chi connectivity index (χ3v) is 4.11. The van der Waals surface area contributed by atoms with E-state index in [9.17, 15) is 0 Å². The first kappa shape index (κ1) is 14.7. The van der Waals surface area contributed by atoms with Crippen molar-refractivity contribution in [1.29, 1.82) is 0 Å². The van der Waals surface area contributed by atoms with Crippen molar-refractivity contribution in [2.45, 2.75) is 6.54 Å². The lowest BCUT2D eigenvalue weighted by molar-refractivity contribution is 0.619. The average Bonchev–Trinajstić information content (AvgIpc) is 3.06. The van der Waals surface area contributed by atoms with Gasteiger partial charge in [0.25, 0.3) is 0 Å². The van der Waals surface area contributed by atoms with Gasteiger partial charge in [-0.05, 0) is 48.0 Å². The molecule has 0 aliphatic heterocycles. The lowest BCUT2D eigenvalue weighted by Gasteiger charge is -2.08. The van der Waals surface area contributed by atoms with E-state index in [4.69, 9.17) is 16.0 Å². The molecule has 5 heteroatoms. The fraction of sp³-hybridized carbons (Fsp3) is 0.0526. The number of benzene rings is 2. The second-order valence-electron chi connectivity index (χ2n) is 5.37. The van der Waals surface area contributed by atoms with E-state index in [2.05, 4.69) is 15.3 Å². The van der Waals surface area contributed by atoms with E-state index in [1.807, 2.05) is 60.7 Å². The van der Waals surface area contributed by atoms with Crippen LogP contribution in [0.1, 0.15) is 5.56 Å². The van der Waals surface area contributed by atoms with E-state index in [-0.39, 0.29) is 0 Å². The molecule has 4 nitrogen and oxygen atoms in total. The van der Waals surface area contributed by atoms with Crippen LogP contribution in [0.25, 0.3) is 22.7 Å². The molecule has 0 fully saturated rings. The van der Waals surface area contributed by atoms with E-state index in [1.165, 1.54) is 0 Å². The van der Waals surface area contributed by atoms with Gasteiger partial charge in [-0.1, -0.05) is 29.8 Å². The number of oxazole rings is 1. The summed E-state index contributed by atoms with van der Waals surface area (Å²) < 4.78 is 5.73. The molecule has 2 aromatic heterocycles. The van der Waals surface area contributed by atoms with Crippen molar-refractivity contribution >= 4 is 28.5 Å². The molecule has 2 aromatic carbocycles. The molecule has 4 aromatic rings. The Kier molecular flexibility index (Phi) is 3.89. The van der Waals surface area contributed by atoms with Crippen LogP contribution in [-0.2, 0) is 6.54 Å². The van der Waals surface area contributed by atoms with Gasteiger partial charge in [0.15, 0.2) is 11.2 Å². The van der Waals surface area contributed by atoms with Gasteiger partial charge in [0.2, 0.25) is 5.89 Å². The maximum Gasteiger partial charge on any atom is 0.228 e. The monoisotopic (exact) mass is 335 g/mol. The number of fused-ring (bicyclic) bond motifs is 1. The second kappa shape index (κ2) is 6.34. The molecular formula is C19H14ClN3O. The Balaban J connectivity index is 1.51. The lowest BCUT2D eigenvalue weighted by atomic mass is 10.2. The molecule has 2 heterocycles. The highest BCUT2D eigenvalue weighted by Gasteiger charge is 2.08. The Morgan fingerprint density at radius 2 is 1.79 bits per heavy atom. The van der Waals surface area contributed by atoms with Crippen LogP contribution in [0.3, 0.4) is 0 Å². The maximum absolute atomic E-state index is 6.17. The van der Waals surface area contributed by atoms with E-state index >= 15 is 0 Å². The van der Waals surface area contributed by atoms with Gasteiger partial charge in [0.05, 0.1) is 0 Å². The summed E-state index contributed by atoms with van der Waals surface area (Å²) in [4.78, 5) is 8.59. The predicted molar refractivity (Wildman–Crippen MR) is 96.0 cm³/mol. The topological polar surface area (TPSA) is 51.0 Å². The molecule has 0 atom stereocenters. The van der Waals surface area contributed by atoms with E-state index < -0.39 is 0 Å². The minimum atomic E-state index is 0.571. The highest BCUT2D eigenvalue weighted by Crippen LogP contribution is 2.24. The summed E-state index contributed by atoms with van der Waals surface area (Å²) in [6.45, 7) is 0.672. The van der Waals surface area contributed by atoms with E-state index in [0.717, 1.165) is 21.8 Å². The lowest BCUT2D eigenvalue weighted by Crippen LogP contribution is -1.99. The van der Waals surface area contributed by atoms with Crippen molar-refractivity contribution in [2.24, 2.45) is 0 Å². The Morgan fingerprint density at radius 3 is 2.58 bits per heavy atom. The van der Waals surface area contributed by atoms with Crippen LogP contribution in [0.2, 0.25) is 5.02 Å². The van der Waals surface area contributed by atoms with Crippen molar-refractivity contribution in [3.63, 3.8) is 0 Å². The molecule has 4 rings (SSSR count). The summed E-state index contributed by atoms with van der Waals surface area (Å²) in [6.07, 6.45) is 1.70. The molecule has 118 valence electrons. The molecule has 0 unspecified atom stereocenters. The largest absolute Gasteiger partial charge is 0.434 e. The third-order valence-electron chi connectivity index (χ3n) is 3.74. The number of pyridine rings is 1. The number of rotatable bonds is 4. The van der Waals surface area contributed by atoms with Gasteiger partial charge in [-0.25, -0.2) is 4.98 Å². The summed E-state index contributed by atoms with van der Waals surface area (Å²) >= 11 is 6.17. The second-order valence-corrected chi connectivity index (χ2v) is 5.77. The maximum atomic E-state index is 6.17. The third kappa shape index (κ3) is 2.96. The fourth-order valence-corrected chi connectivity index (χ4v) is 2.66. The molecule has 0 aliphatic rings. The Hall–Kier alpha value is -2.85. The van der Waals surface area contributed by atoms with Crippen molar-refractivity contribution in [1.82, 2.24) is 9.97 Å². The standard InChI is InChI=1S/C19H14ClN3O/c20-16-5-2-1-4-14(16)12-22-15-9-7-13(8-10-15)19-23-18-17(24-19)6-3-11-21-18/h1-11,22H,12H2. The number of halogens is 1. The first-order valence-electron chi connectivity index (χ1n) is 7.59. The molecule has 0 saturated carbocycles. The van der Waals surface area contributed by atoms with Crippen molar-refractivity contribution < 1.29 is 4.42 Å². The molecule has 1 N–H and O–H groups in total. The van der Waals surface area contributed by atoms with Crippen LogP contribution in [0, 0.1) is 0 Å². The van der Waals surface area contributed by atoms with Gasteiger partial charge in [0, 0.05) is 29.0 Å². The van der Waals surface area contributed by atoms with Crippen LogP contribution in [-0.4, -0.2) is 9.97 Å². The molecule has 0 amide bonds. The summed E-state index contributed by atoms with van der Waals surface area (Å²) in [5, 5.41) is 4.12. The van der Waals surface area contributed by atoms with E-state index in [0.29, 0.717) is 23.7 Å². The zero-order chi connectivity index (χ0) is 16.4. The SMILES string of the molecule is Clc1ccccc1CNc1ccc(-c2nc3ncccc3o2)cc1. The minimum Gasteiger partial charge on any atom is -0.434 e. The summed E-state index contributed by atoms with van der Waals surface area (Å²) in [7, 11) is 0. The molecule has 0 bridgehead atoms. The smallest absolute Gasteiger partial charge is 0.228 e. The zero-order valence-electron chi connectivity index (χ0n) is 12.7. The Labute approximate surface area is 144 Å². The molecule has 0 radical (unpaired) electrons. The van der Waals surface area contributed by atoms with Crippen LogP contribution in [0.4, 0.5) is 5.69 Å². The number of anilines is 1. The Morgan fingerprint density at radius 1 is 0.958 bits per heavy atom. The van der Waals surface area contributed by atoms with Crippen LogP contribution in [0.15, 0.2) is 71.3 Å². The number of hydrogen-bond donors (Lipinski definition) is 1. The molecule has 24 heavy (non-hydrogen) atoms. The summed E-state index contributed by atoms with van der Waals surface area (Å²) in [5.74, 6) is 0.571. The van der Waals surface area contributed by atoms with Crippen LogP contribution >= 0.6 is 11.6 Å². The van der Waals surface area contributed by atoms with Crippen LogP contribution in [0.5, 0.6) is 0 Å². The quantitative estimate of drug-likeness (QED) is 0.560. The van der Waals surface area contributed by atoms with Crippen molar-refractivity contribution in [3.05, 3.63) is 77.4 Å². The molecule has 0 saturated heterocycles. The van der Waals surface area contributed by atoms with Gasteiger partial charge in [-0.2, -0.15) is 4.98 Å². The van der Waals surface area contributed by atoms with E-state index in [1.54, 1.807) is 6.20 Å². The van der Waals surface area contributed by atoms with Gasteiger partial charge in [0.1, 0.15) is 0 Å². The van der Waals surface area contributed by atoms with Crippen molar-refractivity contribution in [2.75, 3.05) is 5.32 Å². The number of aromatic nitrogens is 2. The molecule has 0 spiro atoms. The summed E-state index contributed by atoms with van der Waals surface area (Å²) in [5.41, 5.74) is 4.29. The fourth-order valence-electron chi connectivity index (χ4n) is 2.46. The highest BCUT2D eigenvalue weighted by molar-refractivity contribution is 6.31. The minimum absolute atomic E-state index is 0.571. The molecule has 0 aliphatic carbocycles. The van der Waals surface area contributed by atoms with Gasteiger partial charge >= 0.3 is 0 Å². The Bertz CT molecular complexity index is 946. The first-order valence-corrected chi connectivity index (χ1v) is 7.97. The van der Waals surface area contributed by atoms with Crippen LogP contribution < -0.4 is 5.32 Å². The molecular weight excluding hydrogens is 322 g/mol. The average molecular weight is 336 g/mol. The van der Waals surface area contributed by atoms with Gasteiger partial charge in [-0.3, -0.25) is 0 Å². The summed E-state index contributed by atoms with van der Waals surface area (Å²) in [6, 6.07) is 19.4. The zero-order valence-corrected chi connectivity index (χ0v) is 13.5. The highest BCUT2D eigenvalue weighted by atomic mass is 35.5. The number of hydrogen-bond acceptors (Lipinski definition) is 4. The number of nitrogens with zero attached hydrogens (tertiary/aromatic N) is 2.